The van der Waals surface area contributed by atoms with Crippen LogP contribution in [0.25, 0.3) is 11.1 Å². The fourth-order valence-corrected chi connectivity index (χ4v) is 3.21. The first-order valence-electron chi connectivity index (χ1n) is 8.86. The zero-order valence-corrected chi connectivity index (χ0v) is 16.8. The van der Waals surface area contributed by atoms with Gasteiger partial charge < -0.3 is 14.5 Å². The van der Waals surface area contributed by atoms with E-state index in [0.717, 1.165) is 4.47 Å². The fourth-order valence-electron chi connectivity index (χ4n) is 2.83. The maximum Gasteiger partial charge on any atom is 0.419 e. The van der Waals surface area contributed by atoms with E-state index < -0.39 is 5.76 Å². The second kappa shape index (κ2) is 8.32. The van der Waals surface area contributed by atoms with Gasteiger partial charge in [0.1, 0.15) is 5.75 Å². The van der Waals surface area contributed by atoms with Crippen LogP contribution in [0.3, 0.4) is 0 Å². The number of hydrogen-bond donors (Lipinski definition) is 1. The van der Waals surface area contributed by atoms with E-state index in [4.69, 9.17) is 9.15 Å². The van der Waals surface area contributed by atoms with E-state index in [0.29, 0.717) is 28.4 Å². The molecule has 2 heterocycles. The zero-order chi connectivity index (χ0) is 20.2. The van der Waals surface area contributed by atoms with Gasteiger partial charge in [0.05, 0.1) is 17.4 Å². The second-order valence-electron chi connectivity index (χ2n) is 6.23. The summed E-state index contributed by atoms with van der Waals surface area (Å²) in [6.45, 7) is 0.221. The summed E-state index contributed by atoms with van der Waals surface area (Å²) in [4.78, 5) is 28.4. The Labute approximate surface area is 174 Å². The van der Waals surface area contributed by atoms with Gasteiger partial charge >= 0.3 is 5.76 Å². The molecule has 1 N–H and O–H groups in total. The molecule has 0 aliphatic rings. The van der Waals surface area contributed by atoms with Crippen molar-refractivity contribution in [2.45, 2.75) is 13.0 Å². The minimum atomic E-state index is -0.477. The second-order valence-corrected chi connectivity index (χ2v) is 7.15. The number of oxazole rings is 1. The number of amides is 1. The van der Waals surface area contributed by atoms with Gasteiger partial charge in [-0.15, -0.1) is 0 Å². The Morgan fingerprint density at radius 3 is 2.79 bits per heavy atom. The molecule has 0 fully saturated rings. The third-order valence-corrected chi connectivity index (χ3v) is 4.67. The SMILES string of the molecule is O=C(CCn1c(=O)oc2ccccc21)Nc1ccc(Oc2cccc(Br)c2)nc1. The first-order chi connectivity index (χ1) is 14.1. The number of carbonyl (C=O) groups is 1. The molecule has 2 aromatic heterocycles. The van der Waals surface area contributed by atoms with Gasteiger partial charge in [-0.25, -0.2) is 9.78 Å². The van der Waals surface area contributed by atoms with Gasteiger partial charge in [-0.3, -0.25) is 9.36 Å². The lowest BCUT2D eigenvalue weighted by Crippen LogP contribution is -2.19. The molecule has 0 atom stereocenters. The number of aromatic nitrogens is 2. The normalized spacial score (nSPS) is 10.8. The van der Waals surface area contributed by atoms with Gasteiger partial charge in [0.15, 0.2) is 5.58 Å². The number of pyridine rings is 1. The van der Waals surface area contributed by atoms with Gasteiger partial charge in [-0.1, -0.05) is 34.1 Å². The van der Waals surface area contributed by atoms with E-state index in [1.807, 2.05) is 30.3 Å². The predicted molar refractivity (Wildman–Crippen MR) is 112 cm³/mol. The molecule has 4 aromatic rings. The summed E-state index contributed by atoms with van der Waals surface area (Å²) in [6, 6.07) is 17.9. The smallest absolute Gasteiger partial charge is 0.419 e. The molecule has 7 nitrogen and oxygen atoms in total. The topological polar surface area (TPSA) is 86.4 Å². The van der Waals surface area contributed by atoms with Crippen LogP contribution in [-0.4, -0.2) is 15.5 Å². The van der Waals surface area contributed by atoms with E-state index in [2.05, 4.69) is 26.2 Å². The number of nitrogens with one attached hydrogen (secondary N) is 1. The molecule has 146 valence electrons. The Morgan fingerprint density at radius 2 is 2.00 bits per heavy atom. The van der Waals surface area contributed by atoms with Gasteiger partial charge in [-0.2, -0.15) is 0 Å². The minimum absolute atomic E-state index is 0.125. The molecule has 0 aliphatic carbocycles. The Balaban J connectivity index is 1.36. The number of anilines is 1. The molecule has 1 amide bonds. The number of nitrogens with zero attached hydrogens (tertiary/aromatic N) is 2. The quantitative estimate of drug-likeness (QED) is 0.461. The highest BCUT2D eigenvalue weighted by Crippen LogP contribution is 2.23. The van der Waals surface area contributed by atoms with Crippen molar-refractivity contribution in [1.29, 1.82) is 0 Å². The standard InChI is InChI=1S/C21H16BrN3O4/c22-14-4-3-5-16(12-14)28-20-9-8-15(13-23-20)24-19(26)10-11-25-17-6-1-2-7-18(17)29-21(25)27/h1-9,12-13H,10-11H2,(H,24,26). The number of hydrogen-bond acceptors (Lipinski definition) is 5. The minimum Gasteiger partial charge on any atom is -0.439 e. The largest absolute Gasteiger partial charge is 0.439 e. The van der Waals surface area contributed by atoms with Gasteiger partial charge in [0, 0.05) is 23.5 Å². The number of aryl methyl sites for hydroxylation is 1. The first-order valence-corrected chi connectivity index (χ1v) is 9.65. The van der Waals surface area contributed by atoms with Crippen LogP contribution in [0.2, 0.25) is 0 Å². The lowest BCUT2D eigenvalue weighted by atomic mass is 10.3. The summed E-state index contributed by atoms with van der Waals surface area (Å²) in [6.07, 6.45) is 1.64. The van der Waals surface area contributed by atoms with Gasteiger partial charge in [0.25, 0.3) is 0 Å². The molecule has 4 rings (SSSR count). The van der Waals surface area contributed by atoms with Crippen LogP contribution < -0.4 is 15.8 Å². The molecular formula is C21H16BrN3O4. The Kier molecular flexibility index (Phi) is 5.44. The number of para-hydroxylation sites is 2. The van der Waals surface area contributed by atoms with Crippen LogP contribution in [0.4, 0.5) is 5.69 Å². The fraction of sp³-hybridized carbons (Fsp3) is 0.0952. The van der Waals surface area contributed by atoms with Crippen molar-refractivity contribution in [2.24, 2.45) is 0 Å². The molecular weight excluding hydrogens is 438 g/mol. The molecule has 29 heavy (non-hydrogen) atoms. The highest BCUT2D eigenvalue weighted by Gasteiger charge is 2.11. The summed E-state index contributed by atoms with van der Waals surface area (Å²) in [5.74, 6) is 0.360. The van der Waals surface area contributed by atoms with Crippen LogP contribution in [0.15, 0.2) is 80.5 Å². The van der Waals surface area contributed by atoms with Crippen molar-refractivity contribution in [1.82, 2.24) is 9.55 Å². The highest BCUT2D eigenvalue weighted by atomic mass is 79.9. The Hall–Kier alpha value is -3.39. The number of rotatable bonds is 6. The summed E-state index contributed by atoms with van der Waals surface area (Å²) in [5.41, 5.74) is 1.71. The third-order valence-electron chi connectivity index (χ3n) is 4.17. The number of fused-ring (bicyclic) bond motifs is 1. The lowest BCUT2D eigenvalue weighted by Gasteiger charge is -2.08. The molecule has 8 heteroatoms. The van der Waals surface area contributed by atoms with Crippen molar-refractivity contribution in [2.75, 3.05) is 5.32 Å². The summed E-state index contributed by atoms with van der Waals surface area (Å²) >= 11 is 3.39. The predicted octanol–water partition coefficient (Wildman–Crippen LogP) is 4.57. The van der Waals surface area contributed by atoms with E-state index in [9.17, 15) is 9.59 Å². The average molecular weight is 454 g/mol. The molecule has 0 aliphatic heterocycles. The van der Waals surface area contributed by atoms with Crippen LogP contribution in [-0.2, 0) is 11.3 Å². The van der Waals surface area contributed by atoms with Crippen LogP contribution in [0.5, 0.6) is 11.6 Å². The maximum atomic E-state index is 12.2. The number of ether oxygens (including phenoxy) is 1. The third kappa shape index (κ3) is 4.55. The maximum absolute atomic E-state index is 12.2. The number of benzene rings is 2. The Bertz CT molecular complexity index is 1210. The van der Waals surface area contributed by atoms with Crippen LogP contribution in [0.1, 0.15) is 6.42 Å². The Morgan fingerprint density at radius 1 is 1.14 bits per heavy atom. The van der Waals surface area contributed by atoms with Crippen molar-refractivity contribution in [3.63, 3.8) is 0 Å². The summed E-state index contributed by atoms with van der Waals surface area (Å²) in [5, 5.41) is 2.76. The highest BCUT2D eigenvalue weighted by molar-refractivity contribution is 9.10. The van der Waals surface area contributed by atoms with Gasteiger partial charge in [0.2, 0.25) is 11.8 Å². The zero-order valence-electron chi connectivity index (χ0n) is 15.2. The molecule has 0 radical (unpaired) electrons. The van der Waals surface area contributed by atoms with Crippen LogP contribution >= 0.6 is 15.9 Å². The van der Waals surface area contributed by atoms with Crippen molar-refractivity contribution in [3.8, 4) is 11.6 Å². The van der Waals surface area contributed by atoms with Gasteiger partial charge in [-0.05, 0) is 36.4 Å². The summed E-state index contributed by atoms with van der Waals surface area (Å²) in [7, 11) is 0. The molecule has 0 spiro atoms. The van der Waals surface area contributed by atoms with Crippen molar-refractivity contribution in [3.05, 3.63) is 81.9 Å². The van der Waals surface area contributed by atoms with E-state index in [1.165, 1.54) is 10.8 Å². The lowest BCUT2D eigenvalue weighted by molar-refractivity contribution is -0.116. The molecule has 0 bridgehead atoms. The van der Waals surface area contributed by atoms with E-state index in [1.54, 1.807) is 30.3 Å². The van der Waals surface area contributed by atoms with E-state index in [-0.39, 0.29) is 18.9 Å². The summed E-state index contributed by atoms with van der Waals surface area (Å²) < 4.78 is 13.2. The number of carbonyl (C=O) groups excluding carboxylic acids is 1. The number of halogens is 1. The average Bonchev–Trinajstić information content (AvgIpc) is 3.03. The van der Waals surface area contributed by atoms with Crippen molar-refractivity contribution >= 4 is 38.6 Å². The van der Waals surface area contributed by atoms with Crippen LogP contribution in [0, 0.1) is 0 Å². The first kappa shape index (κ1) is 18.9. The molecule has 0 saturated heterocycles. The molecule has 0 saturated carbocycles. The molecule has 0 unspecified atom stereocenters. The monoisotopic (exact) mass is 453 g/mol. The van der Waals surface area contributed by atoms with E-state index >= 15 is 0 Å². The molecule has 2 aromatic carbocycles. The van der Waals surface area contributed by atoms with Crippen molar-refractivity contribution < 1.29 is 13.9 Å².